The molecule has 0 aliphatic heterocycles. The summed E-state index contributed by atoms with van der Waals surface area (Å²) in [6, 6.07) is 13.2. The van der Waals surface area contributed by atoms with Crippen LogP contribution in [0.25, 0.3) is 0 Å². The summed E-state index contributed by atoms with van der Waals surface area (Å²) in [6.07, 6.45) is 4.91. The number of thioether (sulfide) groups is 1. The maximum atomic E-state index is 12.5. The summed E-state index contributed by atoms with van der Waals surface area (Å²) in [5.41, 5.74) is 1.92. The predicted octanol–water partition coefficient (Wildman–Crippen LogP) is 7.73. The van der Waals surface area contributed by atoms with Crippen LogP contribution >= 0.6 is 11.8 Å². The van der Waals surface area contributed by atoms with Crippen molar-refractivity contribution in [3.05, 3.63) is 108 Å². The highest BCUT2D eigenvalue weighted by Gasteiger charge is 2.12. The Morgan fingerprint density at radius 1 is 0.816 bits per heavy atom. The van der Waals surface area contributed by atoms with Gasteiger partial charge in [0.25, 0.3) is 0 Å². The van der Waals surface area contributed by atoms with Crippen molar-refractivity contribution in [2.24, 2.45) is 0 Å². The molecule has 38 heavy (non-hydrogen) atoms. The second-order valence-corrected chi connectivity index (χ2v) is 9.11. The smallest absolute Gasteiger partial charge is 0.343 e. The first kappa shape index (κ1) is 32.2. The average Bonchev–Trinajstić information content (AvgIpc) is 2.91. The van der Waals surface area contributed by atoms with E-state index in [0.29, 0.717) is 29.1 Å². The molecule has 6 nitrogen and oxygen atoms in total. The summed E-state index contributed by atoms with van der Waals surface area (Å²) < 4.78 is 15.6. The molecule has 7 heteroatoms. The first-order valence-corrected chi connectivity index (χ1v) is 13.3. The Bertz CT molecular complexity index is 1140. The van der Waals surface area contributed by atoms with E-state index in [0.717, 1.165) is 29.1 Å². The molecular formula is C31H36O6S. The zero-order chi connectivity index (χ0) is 28.5. The van der Waals surface area contributed by atoms with Gasteiger partial charge in [0.1, 0.15) is 11.5 Å². The Morgan fingerprint density at radius 2 is 1.39 bits per heavy atom. The van der Waals surface area contributed by atoms with Gasteiger partial charge in [0.15, 0.2) is 0 Å². The summed E-state index contributed by atoms with van der Waals surface area (Å²) in [4.78, 5) is 37.0. The van der Waals surface area contributed by atoms with Crippen molar-refractivity contribution in [2.45, 2.75) is 45.4 Å². The van der Waals surface area contributed by atoms with Gasteiger partial charge in [-0.15, -0.1) is 11.8 Å². The number of ether oxygens (including phenoxy) is 3. The molecule has 202 valence electrons. The normalized spacial score (nSPS) is 10.1. The molecule has 0 N–H and O–H groups in total. The molecule has 0 spiro atoms. The standard InChI is InChI=1S/C29H30O6S.C2H6/c1-20(2)8-9-22(5)34-28(31)23-10-14-25(15-11-23)35-29(32)24-12-16-26(17-13-24)36-19-7-6-18-33-27(30)21(3)4;1-2/h8-17H,1,3,5-7,18-19H2,2,4H3;1-2H3/b9-8-;. The number of allylic oxidation sites excluding steroid dienone is 3. The van der Waals surface area contributed by atoms with Crippen LogP contribution in [0.15, 0.2) is 102 Å². The first-order chi connectivity index (χ1) is 18.2. The van der Waals surface area contributed by atoms with Crippen molar-refractivity contribution in [1.29, 1.82) is 0 Å². The van der Waals surface area contributed by atoms with Crippen molar-refractivity contribution in [2.75, 3.05) is 12.4 Å². The molecule has 0 aromatic heterocycles. The van der Waals surface area contributed by atoms with Crippen LogP contribution in [0.2, 0.25) is 0 Å². The SMILES string of the molecule is C=C(C)/C=C\C(=C)OC(=O)c1ccc(OC(=O)c2ccc(SCCCCOC(=O)C(=C)C)cc2)cc1.CC. The molecule has 0 saturated heterocycles. The maximum absolute atomic E-state index is 12.5. The molecule has 0 atom stereocenters. The third-order valence-corrected chi connectivity index (χ3v) is 5.66. The number of rotatable bonds is 13. The van der Waals surface area contributed by atoms with Crippen LogP contribution in [0.4, 0.5) is 0 Å². The summed E-state index contributed by atoms with van der Waals surface area (Å²) in [5.74, 6) is -0.0597. The molecule has 0 amide bonds. The average molecular weight is 537 g/mol. The fourth-order valence-electron chi connectivity index (χ4n) is 2.64. The van der Waals surface area contributed by atoms with E-state index in [1.165, 1.54) is 24.3 Å². The highest BCUT2D eigenvalue weighted by Crippen LogP contribution is 2.21. The lowest BCUT2D eigenvalue weighted by Crippen LogP contribution is -2.09. The van der Waals surface area contributed by atoms with Crippen LogP contribution in [-0.2, 0) is 14.3 Å². The zero-order valence-electron chi connectivity index (χ0n) is 22.6. The van der Waals surface area contributed by atoms with Crippen molar-refractivity contribution in [1.82, 2.24) is 0 Å². The van der Waals surface area contributed by atoms with Gasteiger partial charge in [0.2, 0.25) is 0 Å². The van der Waals surface area contributed by atoms with Crippen LogP contribution in [0.5, 0.6) is 5.75 Å². The molecule has 0 fully saturated rings. The minimum Gasteiger partial charge on any atom is -0.462 e. The summed E-state index contributed by atoms with van der Waals surface area (Å²) in [5, 5.41) is 0. The lowest BCUT2D eigenvalue weighted by atomic mass is 10.2. The molecule has 2 aromatic rings. The van der Waals surface area contributed by atoms with Crippen LogP contribution < -0.4 is 4.74 Å². The highest BCUT2D eigenvalue weighted by atomic mass is 32.2. The Kier molecular flexibility index (Phi) is 14.9. The van der Waals surface area contributed by atoms with Gasteiger partial charge in [0.05, 0.1) is 17.7 Å². The van der Waals surface area contributed by atoms with E-state index in [1.807, 2.05) is 32.9 Å². The maximum Gasteiger partial charge on any atom is 0.343 e. The molecule has 0 saturated carbocycles. The monoisotopic (exact) mass is 536 g/mol. The Morgan fingerprint density at radius 3 is 1.97 bits per heavy atom. The molecule has 0 aliphatic rings. The Hall–Kier alpha value is -3.84. The second kappa shape index (κ2) is 17.6. The van der Waals surface area contributed by atoms with Crippen molar-refractivity contribution in [3.8, 4) is 5.75 Å². The third-order valence-electron chi connectivity index (χ3n) is 4.56. The van der Waals surface area contributed by atoms with Gasteiger partial charge in [-0.05, 0) is 87.0 Å². The van der Waals surface area contributed by atoms with E-state index in [-0.39, 0.29) is 11.7 Å². The van der Waals surface area contributed by atoms with Gasteiger partial charge in [-0.3, -0.25) is 0 Å². The molecule has 0 bridgehead atoms. The van der Waals surface area contributed by atoms with Crippen molar-refractivity contribution >= 4 is 29.7 Å². The third kappa shape index (κ3) is 12.4. The van der Waals surface area contributed by atoms with Crippen molar-refractivity contribution < 1.29 is 28.6 Å². The fourth-order valence-corrected chi connectivity index (χ4v) is 3.55. The van der Waals surface area contributed by atoms with E-state index >= 15 is 0 Å². The Balaban J connectivity index is 0.00000352. The van der Waals surface area contributed by atoms with Crippen LogP contribution in [0, 0.1) is 0 Å². The largest absolute Gasteiger partial charge is 0.462 e. The lowest BCUT2D eigenvalue weighted by molar-refractivity contribution is -0.139. The van der Waals surface area contributed by atoms with Gasteiger partial charge in [-0.1, -0.05) is 45.2 Å². The molecule has 0 heterocycles. The number of carbonyl (C=O) groups excluding carboxylic acids is 3. The summed E-state index contributed by atoms with van der Waals surface area (Å²) >= 11 is 1.65. The quantitative estimate of drug-likeness (QED) is 0.0493. The van der Waals surface area contributed by atoms with Gasteiger partial charge in [-0.25, -0.2) is 14.4 Å². The molecule has 0 aliphatic carbocycles. The molecular weight excluding hydrogens is 500 g/mol. The number of esters is 3. The molecule has 0 unspecified atom stereocenters. The summed E-state index contributed by atoms with van der Waals surface area (Å²) in [7, 11) is 0. The van der Waals surface area contributed by atoms with E-state index in [1.54, 1.807) is 43.0 Å². The van der Waals surface area contributed by atoms with Gasteiger partial charge >= 0.3 is 17.9 Å². The van der Waals surface area contributed by atoms with Crippen LogP contribution in [0.3, 0.4) is 0 Å². The molecule has 0 radical (unpaired) electrons. The van der Waals surface area contributed by atoms with Gasteiger partial charge < -0.3 is 14.2 Å². The molecule has 2 rings (SSSR count). The molecule has 2 aromatic carbocycles. The van der Waals surface area contributed by atoms with Gasteiger partial charge in [0, 0.05) is 10.5 Å². The van der Waals surface area contributed by atoms with E-state index < -0.39 is 11.9 Å². The first-order valence-electron chi connectivity index (χ1n) is 12.3. The number of carbonyl (C=O) groups is 3. The van der Waals surface area contributed by atoms with Crippen LogP contribution in [0.1, 0.15) is 61.3 Å². The number of unbranched alkanes of at least 4 members (excludes halogenated alkanes) is 1. The minimum absolute atomic E-state index is 0.198. The van der Waals surface area contributed by atoms with E-state index in [9.17, 15) is 14.4 Å². The van der Waals surface area contributed by atoms with Crippen molar-refractivity contribution in [3.63, 3.8) is 0 Å². The van der Waals surface area contributed by atoms with E-state index in [4.69, 9.17) is 14.2 Å². The van der Waals surface area contributed by atoms with Gasteiger partial charge in [-0.2, -0.15) is 0 Å². The predicted molar refractivity (Wildman–Crippen MR) is 153 cm³/mol. The number of hydrogen-bond donors (Lipinski definition) is 0. The second-order valence-electron chi connectivity index (χ2n) is 7.95. The zero-order valence-corrected chi connectivity index (χ0v) is 23.4. The highest BCUT2D eigenvalue weighted by molar-refractivity contribution is 7.99. The minimum atomic E-state index is -0.565. The number of benzene rings is 2. The number of hydrogen-bond acceptors (Lipinski definition) is 7. The van der Waals surface area contributed by atoms with Crippen LogP contribution in [-0.4, -0.2) is 30.3 Å². The fraction of sp³-hybridized carbons (Fsp3) is 0.258. The summed E-state index contributed by atoms with van der Waals surface area (Å²) in [6.45, 7) is 18.8. The van der Waals surface area contributed by atoms with E-state index in [2.05, 4.69) is 19.7 Å². The topological polar surface area (TPSA) is 78.9 Å². The Labute approximate surface area is 230 Å². The lowest BCUT2D eigenvalue weighted by Gasteiger charge is -2.07.